The molecular weight excluding hydrogens is 352 g/mol. The third kappa shape index (κ3) is 4.03. The van der Waals surface area contributed by atoms with Gasteiger partial charge in [0.15, 0.2) is 0 Å². The summed E-state index contributed by atoms with van der Waals surface area (Å²) in [7, 11) is -3.95. The Balaban J connectivity index is 1.99. The minimum Gasteiger partial charge on any atom is -0.423 e. The fourth-order valence-electron chi connectivity index (χ4n) is 2.62. The van der Waals surface area contributed by atoms with Crippen LogP contribution in [0.2, 0.25) is 0 Å². The van der Waals surface area contributed by atoms with Gasteiger partial charge in [-0.1, -0.05) is 37.3 Å². The van der Waals surface area contributed by atoms with Crippen molar-refractivity contribution in [3.63, 3.8) is 0 Å². The van der Waals surface area contributed by atoms with Crippen molar-refractivity contribution < 1.29 is 17.0 Å². The first kappa shape index (κ1) is 17.9. The molecule has 26 heavy (non-hydrogen) atoms. The van der Waals surface area contributed by atoms with E-state index in [-0.39, 0.29) is 5.75 Å². The van der Waals surface area contributed by atoms with E-state index >= 15 is 0 Å². The van der Waals surface area contributed by atoms with Gasteiger partial charge in [-0.05, 0) is 42.2 Å². The molecule has 5 nitrogen and oxygen atoms in total. The van der Waals surface area contributed by atoms with Gasteiger partial charge in [0.2, 0.25) is 0 Å². The highest BCUT2D eigenvalue weighted by molar-refractivity contribution is 7.90. The first-order valence-electron chi connectivity index (χ1n) is 8.13. The molecule has 1 heterocycles. The quantitative estimate of drug-likeness (QED) is 0.500. The average Bonchev–Trinajstić information content (AvgIpc) is 2.60. The molecular formula is C20H18O5S. The molecule has 0 fully saturated rings. The first-order valence-corrected chi connectivity index (χ1v) is 9.60. The summed E-state index contributed by atoms with van der Waals surface area (Å²) < 4.78 is 35.1. The molecule has 3 aromatic rings. The Bertz CT molecular complexity index is 1130. The molecule has 1 aromatic heterocycles. The molecule has 3 rings (SSSR count). The summed E-state index contributed by atoms with van der Waals surface area (Å²) in [6.45, 7) is 3.70. The minimum absolute atomic E-state index is 0.159. The second kappa shape index (κ2) is 7.17. The van der Waals surface area contributed by atoms with Crippen molar-refractivity contribution in [2.24, 2.45) is 0 Å². The van der Waals surface area contributed by atoms with Gasteiger partial charge in [0, 0.05) is 17.5 Å². The number of hydrogen-bond donors (Lipinski definition) is 0. The summed E-state index contributed by atoms with van der Waals surface area (Å²) in [6.07, 6.45) is 2.04. The van der Waals surface area contributed by atoms with E-state index in [1.165, 1.54) is 18.2 Å². The lowest BCUT2D eigenvalue weighted by atomic mass is 10.1. The topological polar surface area (TPSA) is 73.6 Å². The van der Waals surface area contributed by atoms with Crippen LogP contribution in [0.1, 0.15) is 23.6 Å². The van der Waals surface area contributed by atoms with Gasteiger partial charge in [-0.25, -0.2) is 4.79 Å². The lowest BCUT2D eigenvalue weighted by molar-refractivity contribution is 0.492. The normalized spacial score (nSPS) is 11.9. The number of rotatable bonds is 5. The fraction of sp³-hybridized carbons (Fsp3) is 0.150. The smallest absolute Gasteiger partial charge is 0.336 e. The first-order chi connectivity index (χ1) is 12.4. The van der Waals surface area contributed by atoms with Crippen molar-refractivity contribution in [2.45, 2.75) is 20.3 Å². The van der Waals surface area contributed by atoms with Crippen LogP contribution in [-0.4, -0.2) is 8.42 Å². The zero-order chi connectivity index (χ0) is 18.7. The maximum atomic E-state index is 12.3. The maximum Gasteiger partial charge on any atom is 0.336 e. The molecule has 6 heteroatoms. The Morgan fingerprint density at radius 2 is 1.85 bits per heavy atom. The summed E-state index contributed by atoms with van der Waals surface area (Å²) in [5.41, 5.74) is 2.03. The van der Waals surface area contributed by atoms with E-state index in [2.05, 4.69) is 0 Å². The van der Waals surface area contributed by atoms with Crippen LogP contribution < -0.4 is 9.81 Å². The highest BCUT2D eigenvalue weighted by Gasteiger charge is 2.15. The second-order valence-electron chi connectivity index (χ2n) is 5.85. The van der Waals surface area contributed by atoms with Gasteiger partial charge >= 0.3 is 15.7 Å². The monoisotopic (exact) mass is 370 g/mol. The van der Waals surface area contributed by atoms with E-state index in [4.69, 9.17) is 8.60 Å². The molecule has 0 saturated carbocycles. The lowest BCUT2D eigenvalue weighted by Crippen LogP contribution is -2.07. The van der Waals surface area contributed by atoms with Crippen LogP contribution >= 0.6 is 0 Å². The molecule has 0 saturated heterocycles. The molecule has 134 valence electrons. The molecule has 0 bridgehead atoms. The molecule has 0 radical (unpaired) electrons. The minimum atomic E-state index is -3.95. The summed E-state index contributed by atoms with van der Waals surface area (Å²) in [6, 6.07) is 13.7. The van der Waals surface area contributed by atoms with E-state index in [0.29, 0.717) is 17.6 Å². The zero-order valence-corrected chi connectivity index (χ0v) is 15.2. The zero-order valence-electron chi connectivity index (χ0n) is 14.4. The van der Waals surface area contributed by atoms with E-state index in [1.807, 2.05) is 25.1 Å². The third-order valence-corrected chi connectivity index (χ3v) is 4.83. The van der Waals surface area contributed by atoms with Crippen LogP contribution in [0, 0.1) is 6.92 Å². The Morgan fingerprint density at radius 1 is 1.12 bits per heavy atom. The fourth-order valence-corrected chi connectivity index (χ4v) is 3.41. The van der Waals surface area contributed by atoms with Crippen LogP contribution in [0.25, 0.3) is 17.0 Å². The predicted octanol–water partition coefficient (Wildman–Crippen LogP) is 4.04. The summed E-state index contributed by atoms with van der Waals surface area (Å²) in [5.74, 6) is 0.159. The Labute approximate surface area is 151 Å². The van der Waals surface area contributed by atoms with E-state index in [1.54, 1.807) is 25.1 Å². The van der Waals surface area contributed by atoms with Crippen LogP contribution in [-0.2, 0) is 16.5 Å². The summed E-state index contributed by atoms with van der Waals surface area (Å²) in [5, 5.41) is 1.77. The highest BCUT2D eigenvalue weighted by Crippen LogP contribution is 2.29. The highest BCUT2D eigenvalue weighted by atomic mass is 32.2. The van der Waals surface area contributed by atoms with Gasteiger partial charge in [0.25, 0.3) is 0 Å². The summed E-state index contributed by atoms with van der Waals surface area (Å²) in [4.78, 5) is 11.6. The second-order valence-corrected chi connectivity index (χ2v) is 7.27. The number of hydrogen-bond acceptors (Lipinski definition) is 5. The number of aryl methyl sites for hydroxylation is 2. The Morgan fingerprint density at radius 3 is 2.54 bits per heavy atom. The molecule has 0 N–H and O–H groups in total. The van der Waals surface area contributed by atoms with E-state index in [0.717, 1.165) is 21.9 Å². The van der Waals surface area contributed by atoms with Gasteiger partial charge in [0.05, 0.1) is 5.41 Å². The van der Waals surface area contributed by atoms with Gasteiger partial charge in [-0.15, -0.1) is 0 Å². The average molecular weight is 370 g/mol. The van der Waals surface area contributed by atoms with Gasteiger partial charge in [-0.2, -0.15) is 8.42 Å². The van der Waals surface area contributed by atoms with Crippen molar-refractivity contribution in [1.29, 1.82) is 0 Å². The Hall–Kier alpha value is -2.86. The molecule has 2 aromatic carbocycles. The van der Waals surface area contributed by atoms with Crippen LogP contribution in [0.5, 0.6) is 5.75 Å². The Kier molecular flexibility index (Phi) is 4.95. The molecule has 0 aliphatic heterocycles. The van der Waals surface area contributed by atoms with Crippen molar-refractivity contribution in [2.75, 3.05) is 0 Å². The van der Waals surface area contributed by atoms with Gasteiger partial charge in [0.1, 0.15) is 11.3 Å². The van der Waals surface area contributed by atoms with Crippen molar-refractivity contribution >= 4 is 27.2 Å². The van der Waals surface area contributed by atoms with Crippen LogP contribution in [0.4, 0.5) is 0 Å². The van der Waals surface area contributed by atoms with E-state index < -0.39 is 15.7 Å². The summed E-state index contributed by atoms with van der Waals surface area (Å²) >= 11 is 0. The molecule has 0 spiro atoms. The number of benzene rings is 2. The standard InChI is InChI=1S/C20H18O5S/c1-3-16-12-17-14(2)11-20(21)24-19(17)13-18(16)25-26(22,23)10-9-15-7-5-4-6-8-15/h4-13H,3H2,1-2H3/b10-9+. The maximum absolute atomic E-state index is 12.3. The molecule has 0 unspecified atom stereocenters. The third-order valence-electron chi connectivity index (χ3n) is 3.95. The van der Waals surface area contributed by atoms with Crippen molar-refractivity contribution in [1.82, 2.24) is 0 Å². The lowest BCUT2D eigenvalue weighted by Gasteiger charge is -2.10. The van der Waals surface area contributed by atoms with Crippen LogP contribution in [0.15, 0.2) is 63.2 Å². The number of fused-ring (bicyclic) bond motifs is 1. The predicted molar refractivity (Wildman–Crippen MR) is 102 cm³/mol. The molecule has 0 atom stereocenters. The van der Waals surface area contributed by atoms with Gasteiger partial charge in [-0.3, -0.25) is 0 Å². The van der Waals surface area contributed by atoms with Crippen molar-refractivity contribution in [3.05, 3.63) is 81.0 Å². The SMILES string of the molecule is CCc1cc2c(C)cc(=O)oc2cc1OS(=O)(=O)/C=C/c1ccccc1. The molecule has 0 amide bonds. The molecule has 0 aliphatic carbocycles. The van der Waals surface area contributed by atoms with Crippen LogP contribution in [0.3, 0.4) is 0 Å². The van der Waals surface area contributed by atoms with Gasteiger partial charge < -0.3 is 8.60 Å². The van der Waals surface area contributed by atoms with Crippen molar-refractivity contribution in [3.8, 4) is 5.75 Å². The molecule has 0 aliphatic rings. The largest absolute Gasteiger partial charge is 0.423 e. The van der Waals surface area contributed by atoms with E-state index in [9.17, 15) is 13.2 Å².